The van der Waals surface area contributed by atoms with Crippen LogP contribution in [0.4, 0.5) is 23.4 Å². The Hall–Kier alpha value is -3.62. The molecule has 0 spiro atoms. The quantitative estimate of drug-likeness (QED) is 0.468. The Morgan fingerprint density at radius 3 is 2.27 bits per heavy atom. The van der Waals surface area contributed by atoms with Crippen molar-refractivity contribution >= 4 is 16.7 Å². The average molecular weight is 413 g/mol. The van der Waals surface area contributed by atoms with E-state index in [2.05, 4.69) is 25.3 Å². The van der Waals surface area contributed by atoms with E-state index in [-0.39, 0.29) is 12.4 Å². The number of aryl methyl sites for hydroxylation is 1. The van der Waals surface area contributed by atoms with Crippen LogP contribution in [-0.2, 0) is 12.7 Å². The third-order valence-corrected chi connectivity index (χ3v) is 4.53. The highest BCUT2D eigenvalue weighted by Gasteiger charge is 2.34. The van der Waals surface area contributed by atoms with E-state index in [4.69, 9.17) is 0 Å². The van der Waals surface area contributed by atoms with Gasteiger partial charge < -0.3 is 5.32 Å². The number of benzene rings is 2. The standard InChI is InChI=1S/C21H15F4N5/c1-12-6-15(14-2-4-16(22)5-3-14)7-17-18(12)29-11-30-19(17)26-8-13-9-27-20(28-10-13)21(23,24)25/h2-7,9-11H,8H2,1H3,(H,26,29,30). The Morgan fingerprint density at radius 2 is 1.60 bits per heavy atom. The van der Waals surface area contributed by atoms with Crippen LogP contribution in [0.5, 0.6) is 0 Å². The van der Waals surface area contributed by atoms with Crippen molar-refractivity contribution in [1.82, 2.24) is 19.9 Å². The second-order valence-corrected chi connectivity index (χ2v) is 6.68. The number of fused-ring (bicyclic) bond motifs is 1. The number of halogens is 4. The minimum atomic E-state index is -4.58. The fraction of sp³-hybridized carbons (Fsp3) is 0.143. The molecule has 0 radical (unpaired) electrons. The molecule has 9 heteroatoms. The zero-order valence-electron chi connectivity index (χ0n) is 15.7. The Morgan fingerprint density at radius 1 is 0.900 bits per heavy atom. The second-order valence-electron chi connectivity index (χ2n) is 6.68. The maximum absolute atomic E-state index is 13.2. The van der Waals surface area contributed by atoms with E-state index in [0.717, 1.165) is 40.0 Å². The fourth-order valence-corrected chi connectivity index (χ4v) is 3.07. The van der Waals surface area contributed by atoms with Gasteiger partial charge in [-0.25, -0.2) is 24.3 Å². The predicted molar refractivity (Wildman–Crippen MR) is 104 cm³/mol. The van der Waals surface area contributed by atoms with Crippen LogP contribution in [0.25, 0.3) is 22.0 Å². The molecular formula is C21H15F4N5. The van der Waals surface area contributed by atoms with Gasteiger partial charge in [-0.15, -0.1) is 0 Å². The summed E-state index contributed by atoms with van der Waals surface area (Å²) in [5, 5.41) is 3.85. The summed E-state index contributed by atoms with van der Waals surface area (Å²) in [4.78, 5) is 15.3. The monoisotopic (exact) mass is 413 g/mol. The highest BCUT2D eigenvalue weighted by Crippen LogP contribution is 2.30. The molecule has 0 saturated heterocycles. The van der Waals surface area contributed by atoms with E-state index in [1.807, 2.05) is 19.1 Å². The van der Waals surface area contributed by atoms with Crippen LogP contribution in [0.2, 0.25) is 0 Å². The molecule has 152 valence electrons. The van der Waals surface area contributed by atoms with Gasteiger partial charge in [-0.1, -0.05) is 12.1 Å². The van der Waals surface area contributed by atoms with Gasteiger partial charge in [-0.2, -0.15) is 13.2 Å². The Balaban J connectivity index is 1.64. The van der Waals surface area contributed by atoms with Crippen LogP contribution in [0, 0.1) is 12.7 Å². The molecule has 0 aliphatic heterocycles. The maximum Gasteiger partial charge on any atom is 0.451 e. The molecule has 0 aliphatic rings. The van der Waals surface area contributed by atoms with E-state index < -0.39 is 12.0 Å². The molecular weight excluding hydrogens is 398 g/mol. The third kappa shape index (κ3) is 4.05. The van der Waals surface area contributed by atoms with Crippen molar-refractivity contribution in [3.05, 3.63) is 77.9 Å². The Kier molecular flexibility index (Phi) is 5.03. The first-order valence-electron chi connectivity index (χ1n) is 8.94. The lowest BCUT2D eigenvalue weighted by Gasteiger charge is -2.12. The Bertz CT molecular complexity index is 1190. The first-order valence-corrected chi connectivity index (χ1v) is 8.94. The number of nitrogens with zero attached hydrogens (tertiary/aromatic N) is 4. The van der Waals surface area contributed by atoms with Gasteiger partial charge >= 0.3 is 6.18 Å². The molecule has 4 aromatic rings. The summed E-state index contributed by atoms with van der Waals surface area (Å²) in [6.45, 7) is 2.10. The number of aromatic nitrogens is 4. The van der Waals surface area contributed by atoms with Gasteiger partial charge in [0.25, 0.3) is 0 Å². The minimum absolute atomic E-state index is 0.185. The van der Waals surface area contributed by atoms with Crippen molar-refractivity contribution in [1.29, 1.82) is 0 Å². The zero-order valence-corrected chi connectivity index (χ0v) is 15.7. The zero-order chi connectivity index (χ0) is 21.3. The van der Waals surface area contributed by atoms with Gasteiger partial charge in [0, 0.05) is 29.9 Å². The van der Waals surface area contributed by atoms with E-state index in [1.54, 1.807) is 12.1 Å². The average Bonchev–Trinajstić information content (AvgIpc) is 2.72. The summed E-state index contributed by atoms with van der Waals surface area (Å²) in [6, 6.07) is 10.00. The predicted octanol–water partition coefficient (Wildman–Crippen LogP) is 5.17. The molecule has 0 amide bonds. The number of hydrogen-bond donors (Lipinski definition) is 1. The minimum Gasteiger partial charge on any atom is -0.365 e. The summed E-state index contributed by atoms with van der Waals surface area (Å²) < 4.78 is 51.1. The molecule has 0 saturated carbocycles. The highest BCUT2D eigenvalue weighted by atomic mass is 19.4. The molecule has 1 N–H and O–H groups in total. The van der Waals surface area contributed by atoms with Gasteiger partial charge in [0.05, 0.1) is 5.52 Å². The lowest BCUT2D eigenvalue weighted by Crippen LogP contribution is -2.12. The molecule has 30 heavy (non-hydrogen) atoms. The van der Waals surface area contributed by atoms with Crippen LogP contribution in [0.1, 0.15) is 17.0 Å². The van der Waals surface area contributed by atoms with Crippen molar-refractivity contribution in [2.45, 2.75) is 19.6 Å². The third-order valence-electron chi connectivity index (χ3n) is 4.53. The molecule has 4 rings (SSSR count). The molecule has 0 aliphatic carbocycles. The number of nitrogens with one attached hydrogen (secondary N) is 1. The molecule has 2 heterocycles. The lowest BCUT2D eigenvalue weighted by molar-refractivity contribution is -0.145. The van der Waals surface area contributed by atoms with Gasteiger partial charge in [-0.3, -0.25) is 0 Å². The van der Waals surface area contributed by atoms with Crippen LogP contribution in [0.3, 0.4) is 0 Å². The number of rotatable bonds is 4. The van der Waals surface area contributed by atoms with E-state index in [9.17, 15) is 17.6 Å². The molecule has 5 nitrogen and oxygen atoms in total. The highest BCUT2D eigenvalue weighted by molar-refractivity contribution is 5.94. The second kappa shape index (κ2) is 7.66. The van der Waals surface area contributed by atoms with Gasteiger partial charge in [-0.05, 0) is 47.9 Å². The Labute approximate surface area is 168 Å². The fourth-order valence-electron chi connectivity index (χ4n) is 3.07. The van der Waals surface area contributed by atoms with E-state index in [1.165, 1.54) is 18.5 Å². The summed E-state index contributed by atoms with van der Waals surface area (Å²) >= 11 is 0. The van der Waals surface area contributed by atoms with Crippen molar-refractivity contribution in [2.24, 2.45) is 0 Å². The smallest absolute Gasteiger partial charge is 0.365 e. The van der Waals surface area contributed by atoms with Crippen molar-refractivity contribution in [3.8, 4) is 11.1 Å². The van der Waals surface area contributed by atoms with Crippen LogP contribution >= 0.6 is 0 Å². The van der Waals surface area contributed by atoms with Crippen LogP contribution in [0.15, 0.2) is 55.1 Å². The number of anilines is 1. The summed E-state index contributed by atoms with van der Waals surface area (Å²) in [5.41, 5.74) is 3.83. The molecule has 2 aromatic carbocycles. The van der Waals surface area contributed by atoms with Crippen LogP contribution in [-0.4, -0.2) is 19.9 Å². The summed E-state index contributed by atoms with van der Waals surface area (Å²) in [7, 11) is 0. The van der Waals surface area contributed by atoms with Crippen molar-refractivity contribution < 1.29 is 17.6 Å². The van der Waals surface area contributed by atoms with Gasteiger partial charge in [0.15, 0.2) is 0 Å². The largest absolute Gasteiger partial charge is 0.451 e. The van der Waals surface area contributed by atoms with Gasteiger partial charge in [0.2, 0.25) is 5.82 Å². The molecule has 0 unspecified atom stereocenters. The molecule has 0 atom stereocenters. The molecule has 0 fully saturated rings. The maximum atomic E-state index is 13.2. The van der Waals surface area contributed by atoms with E-state index in [0.29, 0.717) is 11.4 Å². The summed E-state index contributed by atoms with van der Waals surface area (Å²) in [6.07, 6.45) is -0.912. The molecule has 2 aromatic heterocycles. The normalized spacial score (nSPS) is 11.6. The van der Waals surface area contributed by atoms with E-state index >= 15 is 0 Å². The first-order chi connectivity index (χ1) is 14.3. The lowest BCUT2D eigenvalue weighted by atomic mass is 10.0. The molecule has 0 bridgehead atoms. The SMILES string of the molecule is Cc1cc(-c2ccc(F)cc2)cc2c(NCc3cnc(C(F)(F)F)nc3)ncnc12. The first kappa shape index (κ1) is 19.7. The topological polar surface area (TPSA) is 63.6 Å². The van der Waals surface area contributed by atoms with Crippen LogP contribution < -0.4 is 5.32 Å². The number of alkyl halides is 3. The summed E-state index contributed by atoms with van der Waals surface area (Å²) in [5.74, 6) is -0.981. The number of hydrogen-bond acceptors (Lipinski definition) is 5. The van der Waals surface area contributed by atoms with Gasteiger partial charge in [0.1, 0.15) is 18.0 Å². The van der Waals surface area contributed by atoms with Crippen molar-refractivity contribution in [3.63, 3.8) is 0 Å². The van der Waals surface area contributed by atoms with Crippen molar-refractivity contribution in [2.75, 3.05) is 5.32 Å².